The highest BCUT2D eigenvalue weighted by molar-refractivity contribution is 7.90. The van der Waals surface area contributed by atoms with Gasteiger partial charge in [-0.15, -0.1) is 0 Å². The van der Waals surface area contributed by atoms with Gasteiger partial charge in [0.05, 0.1) is 4.90 Å². The van der Waals surface area contributed by atoms with E-state index in [1.165, 1.54) is 12.1 Å². The van der Waals surface area contributed by atoms with Crippen LogP contribution in [0.25, 0.3) is 0 Å². The van der Waals surface area contributed by atoms with Gasteiger partial charge in [0.2, 0.25) is 5.91 Å². The van der Waals surface area contributed by atoms with Crippen molar-refractivity contribution in [3.05, 3.63) is 24.3 Å². The van der Waals surface area contributed by atoms with E-state index in [-0.39, 0.29) is 11.5 Å². The molecule has 2 rings (SSSR count). The molecule has 0 radical (unpaired) electrons. The van der Waals surface area contributed by atoms with Crippen molar-refractivity contribution in [2.24, 2.45) is 5.73 Å². The van der Waals surface area contributed by atoms with E-state index in [9.17, 15) is 13.2 Å². The first kappa shape index (κ1) is 14.8. The van der Waals surface area contributed by atoms with E-state index in [2.05, 4.69) is 5.32 Å². The summed E-state index contributed by atoms with van der Waals surface area (Å²) in [5.74, 6) is 0.0471. The summed E-state index contributed by atoms with van der Waals surface area (Å²) in [6.07, 6.45) is 3.24. The summed E-state index contributed by atoms with van der Waals surface area (Å²) in [5, 5.41) is 3.10. The van der Waals surface area contributed by atoms with Crippen molar-refractivity contribution in [3.63, 3.8) is 0 Å². The summed E-state index contributed by atoms with van der Waals surface area (Å²) in [4.78, 5) is 11.5. The van der Waals surface area contributed by atoms with Crippen LogP contribution in [0.3, 0.4) is 0 Å². The molecule has 1 aliphatic carbocycles. The van der Waals surface area contributed by atoms with Crippen LogP contribution in [0, 0.1) is 0 Å². The van der Waals surface area contributed by atoms with Gasteiger partial charge in [0, 0.05) is 12.3 Å². The van der Waals surface area contributed by atoms with Crippen molar-refractivity contribution in [3.8, 4) is 5.75 Å². The van der Waals surface area contributed by atoms with Crippen molar-refractivity contribution >= 4 is 15.7 Å². The topological polar surface area (TPSA) is 98.5 Å². The minimum atomic E-state index is -3.21. The van der Waals surface area contributed by atoms with Gasteiger partial charge in [-0.3, -0.25) is 4.79 Å². The summed E-state index contributed by atoms with van der Waals surface area (Å²) in [7, 11) is -3.21. The zero-order valence-corrected chi connectivity index (χ0v) is 12.0. The number of nitrogens with two attached hydrogens (primary N) is 1. The third-order valence-electron chi connectivity index (χ3n) is 3.03. The molecule has 1 aliphatic rings. The molecule has 20 heavy (non-hydrogen) atoms. The van der Waals surface area contributed by atoms with Gasteiger partial charge in [-0.1, -0.05) is 0 Å². The second-order valence-electron chi connectivity index (χ2n) is 4.95. The molecule has 1 unspecified atom stereocenters. The number of sulfone groups is 1. The summed E-state index contributed by atoms with van der Waals surface area (Å²) >= 11 is 0. The van der Waals surface area contributed by atoms with Crippen LogP contribution < -0.4 is 15.8 Å². The lowest BCUT2D eigenvalue weighted by Gasteiger charge is -2.16. The van der Waals surface area contributed by atoms with E-state index >= 15 is 0 Å². The van der Waals surface area contributed by atoms with Crippen LogP contribution in [-0.4, -0.2) is 39.3 Å². The number of amides is 1. The zero-order valence-electron chi connectivity index (χ0n) is 11.2. The van der Waals surface area contributed by atoms with Crippen LogP contribution in [0.15, 0.2) is 29.2 Å². The molecule has 110 valence electrons. The van der Waals surface area contributed by atoms with Gasteiger partial charge in [0.15, 0.2) is 9.84 Å². The van der Waals surface area contributed by atoms with Crippen LogP contribution in [0.1, 0.15) is 12.8 Å². The Morgan fingerprint density at radius 1 is 1.40 bits per heavy atom. The molecule has 1 fully saturated rings. The molecule has 0 aromatic heterocycles. The summed E-state index contributed by atoms with van der Waals surface area (Å²) in [5.41, 5.74) is 5.30. The first-order valence-corrected chi connectivity index (χ1v) is 8.23. The normalized spacial score (nSPS) is 16.6. The minimum absolute atomic E-state index is 0.129. The maximum Gasteiger partial charge on any atom is 0.238 e. The highest BCUT2D eigenvalue weighted by atomic mass is 32.2. The molecule has 1 amide bonds. The molecule has 0 aliphatic heterocycles. The third-order valence-corrected chi connectivity index (χ3v) is 4.15. The Morgan fingerprint density at radius 2 is 2.00 bits per heavy atom. The average Bonchev–Trinajstić information content (AvgIpc) is 3.17. The maximum absolute atomic E-state index is 11.3. The average molecular weight is 298 g/mol. The van der Waals surface area contributed by atoms with Gasteiger partial charge in [0.25, 0.3) is 0 Å². The van der Waals surface area contributed by atoms with Gasteiger partial charge < -0.3 is 15.8 Å². The standard InChI is InChI=1S/C13H18N2O4S/c1-20(17,18)11-6-4-10(5-7-11)19-8-12(13(14)16)15-9-2-3-9/h4-7,9,12,15H,2-3,8H2,1H3,(H2,14,16). The fraction of sp³-hybridized carbons (Fsp3) is 0.462. The molecule has 3 N–H and O–H groups in total. The number of primary amides is 1. The number of carbonyl (C=O) groups excluding carboxylic acids is 1. The number of nitrogens with one attached hydrogen (secondary N) is 1. The van der Waals surface area contributed by atoms with Crippen LogP contribution in [-0.2, 0) is 14.6 Å². The molecule has 7 heteroatoms. The summed E-state index contributed by atoms with van der Waals surface area (Å²) in [6, 6.07) is 5.88. The van der Waals surface area contributed by atoms with Gasteiger partial charge in [-0.2, -0.15) is 0 Å². The monoisotopic (exact) mass is 298 g/mol. The summed E-state index contributed by atoms with van der Waals surface area (Å²) in [6.45, 7) is 0.129. The maximum atomic E-state index is 11.3. The fourth-order valence-electron chi connectivity index (χ4n) is 1.71. The molecule has 0 bridgehead atoms. The zero-order chi connectivity index (χ0) is 14.8. The van der Waals surface area contributed by atoms with Crippen LogP contribution in [0.5, 0.6) is 5.75 Å². The van der Waals surface area contributed by atoms with E-state index in [4.69, 9.17) is 10.5 Å². The van der Waals surface area contributed by atoms with Gasteiger partial charge in [-0.25, -0.2) is 8.42 Å². The Hall–Kier alpha value is -1.60. The van der Waals surface area contributed by atoms with E-state index < -0.39 is 21.8 Å². The second-order valence-corrected chi connectivity index (χ2v) is 6.97. The molecule has 1 aromatic carbocycles. The van der Waals surface area contributed by atoms with Crippen molar-refractivity contribution in [2.45, 2.75) is 29.8 Å². The molecular weight excluding hydrogens is 280 g/mol. The van der Waals surface area contributed by atoms with Crippen molar-refractivity contribution < 1.29 is 17.9 Å². The first-order chi connectivity index (χ1) is 9.36. The largest absolute Gasteiger partial charge is 0.491 e. The van der Waals surface area contributed by atoms with Crippen LogP contribution in [0.2, 0.25) is 0 Å². The Kier molecular flexibility index (Phi) is 4.29. The van der Waals surface area contributed by atoms with Crippen molar-refractivity contribution in [1.82, 2.24) is 5.32 Å². The minimum Gasteiger partial charge on any atom is -0.491 e. The van der Waals surface area contributed by atoms with Gasteiger partial charge in [0.1, 0.15) is 18.4 Å². The van der Waals surface area contributed by atoms with Crippen molar-refractivity contribution in [1.29, 1.82) is 0 Å². The molecule has 0 heterocycles. The van der Waals surface area contributed by atoms with Crippen molar-refractivity contribution in [2.75, 3.05) is 12.9 Å². The Morgan fingerprint density at radius 3 is 2.45 bits per heavy atom. The molecule has 1 aromatic rings. The van der Waals surface area contributed by atoms with E-state index in [1.54, 1.807) is 12.1 Å². The smallest absolute Gasteiger partial charge is 0.238 e. The lowest BCUT2D eigenvalue weighted by atomic mass is 10.3. The fourth-order valence-corrected chi connectivity index (χ4v) is 2.34. The van der Waals surface area contributed by atoms with E-state index in [0.717, 1.165) is 19.1 Å². The summed E-state index contributed by atoms with van der Waals surface area (Å²) < 4.78 is 28.1. The quantitative estimate of drug-likeness (QED) is 0.742. The predicted molar refractivity (Wildman–Crippen MR) is 74.2 cm³/mol. The molecule has 1 atom stereocenters. The van der Waals surface area contributed by atoms with Gasteiger partial charge >= 0.3 is 0 Å². The first-order valence-electron chi connectivity index (χ1n) is 6.34. The molecule has 6 nitrogen and oxygen atoms in total. The van der Waals surface area contributed by atoms with E-state index in [1.807, 2.05) is 0 Å². The predicted octanol–water partition coefficient (Wildman–Crippen LogP) is 0.0748. The van der Waals surface area contributed by atoms with Gasteiger partial charge in [-0.05, 0) is 37.1 Å². The third kappa shape index (κ3) is 4.21. The Bertz CT molecular complexity index is 579. The van der Waals surface area contributed by atoms with Crippen LogP contribution in [0.4, 0.5) is 0 Å². The number of carbonyl (C=O) groups is 1. The second kappa shape index (κ2) is 5.80. The molecular formula is C13H18N2O4S. The lowest BCUT2D eigenvalue weighted by Crippen LogP contribution is -2.46. The molecule has 1 saturated carbocycles. The Labute approximate surface area is 118 Å². The molecule has 0 spiro atoms. The van der Waals surface area contributed by atoms with E-state index in [0.29, 0.717) is 11.8 Å². The highest BCUT2D eigenvalue weighted by Crippen LogP contribution is 2.20. The number of hydrogen-bond donors (Lipinski definition) is 2. The van der Waals surface area contributed by atoms with Crippen LogP contribution >= 0.6 is 0 Å². The number of hydrogen-bond acceptors (Lipinski definition) is 5. The SMILES string of the molecule is CS(=O)(=O)c1ccc(OCC(NC2CC2)C(N)=O)cc1. The highest BCUT2D eigenvalue weighted by Gasteiger charge is 2.27. The number of ether oxygens (including phenoxy) is 1. The number of benzene rings is 1. The Balaban J connectivity index is 1.93. The molecule has 0 saturated heterocycles. The lowest BCUT2D eigenvalue weighted by molar-refractivity contribution is -0.120. The number of rotatable bonds is 7.